The van der Waals surface area contributed by atoms with Crippen LogP contribution in [0.25, 0.3) is 0 Å². The molecule has 5 N–H and O–H groups in total. The number of hydrogen-bond donors (Lipinski definition) is 4. The number of rotatable bonds is 9. The molecule has 110 valence electrons. The van der Waals surface area contributed by atoms with E-state index in [0.29, 0.717) is 32.3 Å². The second-order valence-corrected chi connectivity index (χ2v) is 5.16. The highest BCUT2D eigenvalue weighted by Gasteiger charge is 2.38. The number of likely N-dealkylation sites (tertiary alicyclic amines) is 1. The molecule has 0 aromatic carbocycles. The lowest BCUT2D eigenvalue weighted by Crippen LogP contribution is -2.44. The molecule has 19 heavy (non-hydrogen) atoms. The van der Waals surface area contributed by atoms with Crippen LogP contribution in [0.3, 0.4) is 0 Å². The minimum atomic E-state index is -0.138. The van der Waals surface area contributed by atoms with E-state index in [0.717, 1.165) is 6.42 Å². The average Bonchev–Trinajstić information content (AvgIpc) is 2.59. The van der Waals surface area contributed by atoms with E-state index in [9.17, 15) is 9.59 Å². The van der Waals surface area contributed by atoms with E-state index in [4.69, 9.17) is 5.73 Å². The van der Waals surface area contributed by atoms with Crippen LogP contribution in [0.5, 0.6) is 0 Å². The van der Waals surface area contributed by atoms with Crippen LogP contribution in [-0.4, -0.2) is 43.4 Å². The Kier molecular flexibility index (Phi) is 6.93. The smallest absolute Gasteiger partial charge is 0.233 e. The molecule has 1 atom stereocenters. The predicted molar refractivity (Wildman–Crippen MR) is 72.5 cm³/mol. The minimum Gasteiger partial charge on any atom is -0.318 e. The Morgan fingerprint density at radius 1 is 1.26 bits per heavy atom. The lowest BCUT2D eigenvalue weighted by atomic mass is 9.96. The van der Waals surface area contributed by atoms with Crippen LogP contribution in [0.15, 0.2) is 0 Å². The molecule has 1 unspecified atom stereocenters. The molecule has 1 rings (SSSR count). The number of hydrogen-bond acceptors (Lipinski definition) is 6. The summed E-state index contributed by atoms with van der Waals surface area (Å²) in [4.78, 5) is 25.1. The first-order chi connectivity index (χ1) is 9.06. The van der Waals surface area contributed by atoms with Crippen molar-refractivity contribution < 1.29 is 9.59 Å². The molecule has 1 aliphatic rings. The van der Waals surface area contributed by atoms with Crippen molar-refractivity contribution >= 4 is 11.8 Å². The fraction of sp³-hybridized carbons (Fsp3) is 0.833. The predicted octanol–water partition coefficient (Wildman–Crippen LogP) is -1.03. The summed E-state index contributed by atoms with van der Waals surface area (Å²) in [6.07, 6.45) is 1.13. The van der Waals surface area contributed by atoms with E-state index in [1.807, 2.05) is 0 Å². The molecule has 0 aliphatic carbocycles. The van der Waals surface area contributed by atoms with Crippen molar-refractivity contribution in [2.45, 2.75) is 26.7 Å². The summed E-state index contributed by atoms with van der Waals surface area (Å²) >= 11 is 0. The van der Waals surface area contributed by atoms with Crippen molar-refractivity contribution in [1.82, 2.24) is 20.9 Å². The third-order valence-corrected chi connectivity index (χ3v) is 3.01. The highest BCUT2D eigenvalue weighted by Crippen LogP contribution is 2.25. The SMILES string of the molecule is CC(C)CC1CC(=O)N(CNCNCNCN)C1=O. The van der Waals surface area contributed by atoms with Gasteiger partial charge in [-0.2, -0.15) is 0 Å². The Morgan fingerprint density at radius 3 is 2.58 bits per heavy atom. The van der Waals surface area contributed by atoms with Crippen LogP contribution >= 0.6 is 0 Å². The zero-order chi connectivity index (χ0) is 14.3. The van der Waals surface area contributed by atoms with Gasteiger partial charge in [-0.15, -0.1) is 0 Å². The van der Waals surface area contributed by atoms with Gasteiger partial charge in [-0.3, -0.25) is 30.4 Å². The zero-order valence-corrected chi connectivity index (χ0v) is 11.7. The Labute approximate surface area is 114 Å². The minimum absolute atomic E-state index is 0.0497. The van der Waals surface area contributed by atoms with Gasteiger partial charge in [0.15, 0.2) is 0 Å². The van der Waals surface area contributed by atoms with Gasteiger partial charge >= 0.3 is 0 Å². The second kappa shape index (κ2) is 8.21. The molecule has 2 amide bonds. The van der Waals surface area contributed by atoms with Crippen molar-refractivity contribution in [3.05, 3.63) is 0 Å². The summed E-state index contributed by atoms with van der Waals surface area (Å²) in [5.41, 5.74) is 5.27. The van der Waals surface area contributed by atoms with Gasteiger partial charge in [0, 0.05) is 32.3 Å². The molecule has 1 fully saturated rings. The van der Waals surface area contributed by atoms with Crippen molar-refractivity contribution in [3.63, 3.8) is 0 Å². The topological polar surface area (TPSA) is 99.5 Å². The van der Waals surface area contributed by atoms with E-state index in [-0.39, 0.29) is 24.4 Å². The van der Waals surface area contributed by atoms with E-state index in [2.05, 4.69) is 29.8 Å². The second-order valence-electron chi connectivity index (χ2n) is 5.16. The highest BCUT2D eigenvalue weighted by atomic mass is 16.2. The highest BCUT2D eigenvalue weighted by molar-refractivity contribution is 6.03. The van der Waals surface area contributed by atoms with Gasteiger partial charge in [-0.1, -0.05) is 13.8 Å². The Balaban J connectivity index is 2.26. The van der Waals surface area contributed by atoms with Gasteiger partial charge in [-0.25, -0.2) is 0 Å². The third-order valence-electron chi connectivity index (χ3n) is 3.01. The molecule has 1 heterocycles. The van der Waals surface area contributed by atoms with E-state index < -0.39 is 0 Å². The summed E-state index contributed by atoms with van der Waals surface area (Å²) in [5, 5.41) is 8.95. The lowest BCUT2D eigenvalue weighted by molar-refractivity contribution is -0.139. The van der Waals surface area contributed by atoms with Gasteiger partial charge in [0.2, 0.25) is 11.8 Å². The Bertz CT molecular complexity index is 308. The first kappa shape index (κ1) is 16.0. The largest absolute Gasteiger partial charge is 0.318 e. The third kappa shape index (κ3) is 5.23. The van der Waals surface area contributed by atoms with Crippen LogP contribution in [-0.2, 0) is 9.59 Å². The summed E-state index contributed by atoms with van der Waals surface area (Å²) in [5.74, 6) is 0.161. The standard InChI is InChI=1S/C12H25N5O2/c1-9(2)3-10-4-11(18)17(12(10)19)8-16-7-15-6-14-5-13/h9-10,14-16H,3-8,13H2,1-2H3. The number of nitrogens with one attached hydrogen (secondary N) is 3. The number of amides is 2. The van der Waals surface area contributed by atoms with Crippen molar-refractivity contribution in [2.75, 3.05) is 26.7 Å². The van der Waals surface area contributed by atoms with Crippen LogP contribution < -0.4 is 21.7 Å². The van der Waals surface area contributed by atoms with Crippen LogP contribution in [0.4, 0.5) is 0 Å². The number of nitrogens with two attached hydrogens (primary N) is 1. The molecule has 1 aliphatic heterocycles. The molecular formula is C12H25N5O2. The first-order valence-corrected chi connectivity index (χ1v) is 6.72. The maximum atomic E-state index is 12.0. The van der Waals surface area contributed by atoms with Crippen LogP contribution in [0.1, 0.15) is 26.7 Å². The molecule has 7 nitrogen and oxygen atoms in total. The van der Waals surface area contributed by atoms with Gasteiger partial charge < -0.3 is 5.73 Å². The molecule has 1 saturated heterocycles. The zero-order valence-electron chi connectivity index (χ0n) is 11.7. The summed E-state index contributed by atoms with van der Waals surface area (Å²) < 4.78 is 0. The molecule has 0 saturated carbocycles. The first-order valence-electron chi connectivity index (χ1n) is 6.72. The number of carbonyl (C=O) groups is 2. The fourth-order valence-electron chi connectivity index (χ4n) is 2.15. The fourth-order valence-corrected chi connectivity index (χ4v) is 2.15. The van der Waals surface area contributed by atoms with Crippen LogP contribution in [0.2, 0.25) is 0 Å². The summed E-state index contributed by atoms with van der Waals surface area (Å²) in [7, 11) is 0. The molecule has 0 bridgehead atoms. The van der Waals surface area contributed by atoms with E-state index in [1.54, 1.807) is 0 Å². The van der Waals surface area contributed by atoms with Gasteiger partial charge in [0.1, 0.15) is 0 Å². The van der Waals surface area contributed by atoms with E-state index >= 15 is 0 Å². The maximum absolute atomic E-state index is 12.0. The van der Waals surface area contributed by atoms with E-state index in [1.165, 1.54) is 4.90 Å². The molecule has 0 aromatic heterocycles. The molecule has 0 radical (unpaired) electrons. The van der Waals surface area contributed by atoms with Gasteiger partial charge in [0.25, 0.3) is 0 Å². The molecular weight excluding hydrogens is 246 g/mol. The lowest BCUT2D eigenvalue weighted by Gasteiger charge is -2.16. The van der Waals surface area contributed by atoms with Gasteiger partial charge in [-0.05, 0) is 12.3 Å². The van der Waals surface area contributed by atoms with Crippen molar-refractivity contribution in [2.24, 2.45) is 17.6 Å². The van der Waals surface area contributed by atoms with Gasteiger partial charge in [0.05, 0.1) is 6.67 Å². The molecule has 0 spiro atoms. The molecule has 0 aromatic rings. The van der Waals surface area contributed by atoms with Crippen molar-refractivity contribution in [3.8, 4) is 0 Å². The maximum Gasteiger partial charge on any atom is 0.233 e. The Hall–Kier alpha value is -1.02. The summed E-state index contributed by atoms with van der Waals surface area (Å²) in [6.45, 7) is 5.90. The monoisotopic (exact) mass is 271 g/mol. The Morgan fingerprint density at radius 2 is 1.95 bits per heavy atom. The summed E-state index contributed by atoms with van der Waals surface area (Å²) in [6, 6.07) is 0. The van der Waals surface area contributed by atoms with Crippen LogP contribution in [0, 0.1) is 11.8 Å². The average molecular weight is 271 g/mol. The quantitative estimate of drug-likeness (QED) is 0.243. The number of nitrogens with zero attached hydrogens (tertiary/aromatic N) is 1. The number of imide groups is 1. The number of carbonyl (C=O) groups excluding carboxylic acids is 2. The molecule has 7 heteroatoms. The normalized spacial score (nSPS) is 19.8. The van der Waals surface area contributed by atoms with Crippen molar-refractivity contribution in [1.29, 1.82) is 0 Å².